The maximum absolute atomic E-state index is 12.9. The summed E-state index contributed by atoms with van der Waals surface area (Å²) < 4.78 is 18.9. The number of amides is 1. The summed E-state index contributed by atoms with van der Waals surface area (Å²) >= 11 is 0. The van der Waals surface area contributed by atoms with Crippen molar-refractivity contribution in [2.45, 2.75) is 177 Å². The van der Waals surface area contributed by atoms with Gasteiger partial charge in [-0.15, -0.1) is 0 Å². The normalized spacial score (nSPS) is 32.0. The van der Waals surface area contributed by atoms with Crippen LogP contribution in [0.4, 0.5) is 0 Å². The number of rotatable bonds is 21. The minimum absolute atomic E-state index is 0.0373. The van der Waals surface area contributed by atoms with Gasteiger partial charge in [0.05, 0.1) is 0 Å². The van der Waals surface area contributed by atoms with Gasteiger partial charge in [0.2, 0.25) is 5.91 Å². The number of unbranched alkanes of at least 4 members (excludes halogenated alkanes) is 12. The SMILES string of the molecule is CCCCCCCCCCCCCCCC(=O)N[C@H]1CCN[C@H]([C@H](O[C@@H]2O[C@H](CN)[C@@H](O)[C@H]2O)[C@H]2O[C@@H](n3ccc(=O)[nH]c3=O)[C@H](O)[C@@H]2O)C1. The molecule has 0 aliphatic carbocycles. The number of piperidine rings is 1. The molecule has 3 saturated heterocycles. The number of hydrogen-bond acceptors (Lipinski definition) is 12. The number of aromatic amines is 1. The zero-order valence-electron chi connectivity index (χ0n) is 29.5. The van der Waals surface area contributed by atoms with E-state index in [2.05, 4.69) is 22.5 Å². The lowest BCUT2D eigenvalue weighted by molar-refractivity contribution is -0.228. The molecule has 1 aromatic rings. The molecule has 0 aromatic carbocycles. The maximum Gasteiger partial charge on any atom is 0.330 e. The van der Waals surface area contributed by atoms with Gasteiger partial charge in [-0.25, -0.2) is 4.79 Å². The molecule has 0 saturated carbocycles. The van der Waals surface area contributed by atoms with Crippen LogP contribution in [0.1, 0.15) is 116 Å². The van der Waals surface area contributed by atoms with Crippen LogP contribution in [0, 0.1) is 0 Å². The Morgan fingerprint density at radius 1 is 0.940 bits per heavy atom. The molecule has 0 spiro atoms. The topological polar surface area (TPSA) is 231 Å². The van der Waals surface area contributed by atoms with Crippen LogP contribution in [0.3, 0.4) is 0 Å². The molecule has 3 aliphatic heterocycles. The fraction of sp³-hybridized carbons (Fsp3) is 0.857. The summed E-state index contributed by atoms with van der Waals surface area (Å²) in [6, 6.07) is 0.309. The van der Waals surface area contributed by atoms with Crippen LogP contribution in [-0.2, 0) is 19.0 Å². The largest absolute Gasteiger partial charge is 0.387 e. The van der Waals surface area contributed by atoms with E-state index < -0.39 is 72.5 Å². The smallest absolute Gasteiger partial charge is 0.330 e. The van der Waals surface area contributed by atoms with Crippen LogP contribution in [0.2, 0.25) is 0 Å². The standard InChI is InChI=1S/C35H61N5O10/c1-2-3-4-5-6-7-8-9-10-11-12-13-14-15-25(41)38-22-16-18-37-23(20-22)31(50-34-30(46)27(43)24(21-36)48-34)32-28(44)29(45)33(49-32)40-19-17-26(42)39-35(40)47/h17,19,22-24,27-34,37,43-46H,2-16,18,20-21,36H2,1H3,(H,38,41)(H,39,42,47)/t22-,23-,24+,27+,28-,29+,30+,31-,32-,33+,34-/m0/s1. The third kappa shape index (κ3) is 11.4. The van der Waals surface area contributed by atoms with Crippen molar-refractivity contribution in [1.29, 1.82) is 0 Å². The molecular weight excluding hydrogens is 650 g/mol. The van der Waals surface area contributed by atoms with Gasteiger partial charge >= 0.3 is 5.69 Å². The number of ether oxygens (including phenoxy) is 3. The Hall–Kier alpha value is -2.21. The van der Waals surface area contributed by atoms with Crippen LogP contribution in [0.25, 0.3) is 0 Å². The number of nitrogens with two attached hydrogens (primary N) is 1. The van der Waals surface area contributed by atoms with E-state index >= 15 is 0 Å². The van der Waals surface area contributed by atoms with Crippen molar-refractivity contribution in [2.24, 2.45) is 5.73 Å². The Kier molecular flexibility index (Phi) is 16.8. The lowest BCUT2D eigenvalue weighted by Gasteiger charge is -2.39. The molecule has 1 amide bonds. The van der Waals surface area contributed by atoms with Crippen LogP contribution in [-0.4, -0.2) is 110 Å². The number of aliphatic hydroxyl groups excluding tert-OH is 4. The number of H-pyrrole nitrogens is 1. The van der Waals surface area contributed by atoms with E-state index in [1.54, 1.807) is 0 Å². The Morgan fingerprint density at radius 2 is 1.58 bits per heavy atom. The number of aromatic nitrogens is 2. The summed E-state index contributed by atoms with van der Waals surface area (Å²) in [6.45, 7) is 2.66. The molecule has 0 bridgehead atoms. The quantitative estimate of drug-likeness (QED) is 0.0823. The highest BCUT2D eigenvalue weighted by Crippen LogP contribution is 2.35. The number of nitrogens with zero attached hydrogens (tertiary/aromatic N) is 1. The first-order valence-electron chi connectivity index (χ1n) is 18.9. The van der Waals surface area contributed by atoms with Gasteiger partial charge in [-0.05, 0) is 25.8 Å². The van der Waals surface area contributed by atoms with E-state index in [4.69, 9.17) is 19.9 Å². The van der Waals surface area contributed by atoms with Gasteiger partial charge in [-0.1, -0.05) is 84.0 Å². The minimum Gasteiger partial charge on any atom is -0.387 e. The molecule has 50 heavy (non-hydrogen) atoms. The Bertz CT molecular complexity index is 1260. The molecule has 11 atom stereocenters. The molecule has 1 aromatic heterocycles. The maximum atomic E-state index is 12.9. The number of carbonyl (C=O) groups excluding carboxylic acids is 1. The van der Waals surface area contributed by atoms with Gasteiger partial charge in [0.1, 0.15) is 42.7 Å². The van der Waals surface area contributed by atoms with E-state index in [-0.39, 0.29) is 18.5 Å². The second-order valence-corrected chi connectivity index (χ2v) is 14.2. The van der Waals surface area contributed by atoms with Crippen LogP contribution < -0.4 is 27.6 Å². The van der Waals surface area contributed by atoms with Crippen LogP contribution in [0.5, 0.6) is 0 Å². The molecule has 0 unspecified atom stereocenters. The van der Waals surface area contributed by atoms with E-state index in [1.807, 2.05) is 0 Å². The van der Waals surface area contributed by atoms with Crippen molar-refractivity contribution in [3.05, 3.63) is 33.1 Å². The minimum atomic E-state index is -1.58. The molecule has 15 heteroatoms. The summed E-state index contributed by atoms with van der Waals surface area (Å²) in [4.78, 5) is 39.1. The predicted octanol–water partition coefficient (Wildman–Crippen LogP) is 0.665. The second-order valence-electron chi connectivity index (χ2n) is 14.2. The highest BCUT2D eigenvalue weighted by molar-refractivity contribution is 5.76. The summed E-state index contributed by atoms with van der Waals surface area (Å²) in [7, 11) is 0. The fourth-order valence-corrected chi connectivity index (χ4v) is 7.33. The third-order valence-corrected chi connectivity index (χ3v) is 10.3. The number of aliphatic hydroxyl groups is 4. The van der Waals surface area contributed by atoms with Crippen molar-refractivity contribution in [3.8, 4) is 0 Å². The fourth-order valence-electron chi connectivity index (χ4n) is 7.33. The van der Waals surface area contributed by atoms with Gasteiger partial charge in [-0.2, -0.15) is 0 Å². The van der Waals surface area contributed by atoms with Gasteiger partial charge in [0.15, 0.2) is 12.5 Å². The van der Waals surface area contributed by atoms with E-state index in [0.717, 1.165) is 36.1 Å². The Labute approximate surface area is 294 Å². The van der Waals surface area contributed by atoms with Crippen molar-refractivity contribution >= 4 is 5.91 Å². The lowest BCUT2D eigenvalue weighted by atomic mass is 9.90. The van der Waals surface area contributed by atoms with Gasteiger partial charge in [-0.3, -0.25) is 19.1 Å². The molecule has 4 heterocycles. The summed E-state index contributed by atoms with van der Waals surface area (Å²) in [5.41, 5.74) is 4.22. The number of carbonyl (C=O) groups is 1. The molecule has 286 valence electrons. The highest BCUT2D eigenvalue weighted by atomic mass is 16.7. The average molecular weight is 712 g/mol. The van der Waals surface area contributed by atoms with Crippen LogP contribution in [0.15, 0.2) is 21.9 Å². The lowest BCUT2D eigenvalue weighted by Crippen LogP contribution is -2.59. The first-order chi connectivity index (χ1) is 24.1. The Balaban J connectivity index is 1.29. The second kappa shape index (κ2) is 20.7. The summed E-state index contributed by atoms with van der Waals surface area (Å²) in [5, 5.41) is 49.7. The van der Waals surface area contributed by atoms with Gasteiger partial charge < -0.3 is 51.0 Å². The van der Waals surface area contributed by atoms with E-state index in [0.29, 0.717) is 25.8 Å². The van der Waals surface area contributed by atoms with E-state index in [9.17, 15) is 34.8 Å². The van der Waals surface area contributed by atoms with Crippen molar-refractivity contribution in [2.75, 3.05) is 13.1 Å². The van der Waals surface area contributed by atoms with Crippen molar-refractivity contribution in [1.82, 2.24) is 20.2 Å². The molecule has 0 radical (unpaired) electrons. The molecule has 4 rings (SSSR count). The number of hydrogen-bond donors (Lipinski definition) is 8. The van der Waals surface area contributed by atoms with Crippen molar-refractivity contribution < 1.29 is 39.4 Å². The summed E-state index contributed by atoms with van der Waals surface area (Å²) in [5.74, 6) is -0.0373. The average Bonchev–Trinajstić information content (AvgIpc) is 3.54. The van der Waals surface area contributed by atoms with E-state index in [1.165, 1.54) is 64.2 Å². The highest BCUT2D eigenvalue weighted by Gasteiger charge is 2.53. The zero-order chi connectivity index (χ0) is 36.0. The first-order valence-corrected chi connectivity index (χ1v) is 18.9. The Morgan fingerprint density at radius 3 is 2.18 bits per heavy atom. The molecule has 9 N–H and O–H groups in total. The van der Waals surface area contributed by atoms with Gasteiger partial charge in [0.25, 0.3) is 5.56 Å². The number of nitrogens with one attached hydrogen (secondary N) is 3. The van der Waals surface area contributed by atoms with Crippen molar-refractivity contribution in [3.63, 3.8) is 0 Å². The zero-order valence-corrected chi connectivity index (χ0v) is 29.5. The molecule has 3 aliphatic rings. The molecule has 3 fully saturated rings. The monoisotopic (exact) mass is 711 g/mol. The summed E-state index contributed by atoms with van der Waals surface area (Å²) in [6.07, 6.45) is 6.80. The molecule has 15 nitrogen and oxygen atoms in total. The van der Waals surface area contributed by atoms with Crippen LogP contribution >= 0.6 is 0 Å². The predicted molar refractivity (Wildman–Crippen MR) is 185 cm³/mol. The third-order valence-electron chi connectivity index (χ3n) is 10.3. The van der Waals surface area contributed by atoms with Gasteiger partial charge in [0, 0.05) is 37.3 Å². The first kappa shape index (κ1) is 40.6. The molecular formula is C35H61N5O10.